The lowest BCUT2D eigenvalue weighted by Crippen LogP contribution is -2.25. The fraction of sp³-hybridized carbons (Fsp3) is 0.348. The SMILES string of the molecule is CCc1c(C(=O)NCc2ccccn2)c(CC(C)C)nn1-c1ccc(OC)cc1. The average molecular weight is 393 g/mol. The first-order valence-corrected chi connectivity index (χ1v) is 9.96. The second-order valence-corrected chi connectivity index (χ2v) is 7.33. The molecule has 6 heteroatoms. The summed E-state index contributed by atoms with van der Waals surface area (Å²) in [5, 5.41) is 7.83. The molecule has 0 aliphatic heterocycles. The van der Waals surface area contributed by atoms with Crippen molar-refractivity contribution < 1.29 is 9.53 Å². The van der Waals surface area contributed by atoms with Crippen LogP contribution in [0.3, 0.4) is 0 Å². The summed E-state index contributed by atoms with van der Waals surface area (Å²) in [5.74, 6) is 1.07. The van der Waals surface area contributed by atoms with Gasteiger partial charge in [-0.2, -0.15) is 5.10 Å². The maximum Gasteiger partial charge on any atom is 0.255 e. The van der Waals surface area contributed by atoms with Crippen molar-refractivity contribution in [1.29, 1.82) is 0 Å². The lowest BCUT2D eigenvalue weighted by Gasteiger charge is -2.10. The largest absolute Gasteiger partial charge is 0.497 e. The van der Waals surface area contributed by atoms with Gasteiger partial charge < -0.3 is 10.1 Å². The van der Waals surface area contributed by atoms with Gasteiger partial charge >= 0.3 is 0 Å². The van der Waals surface area contributed by atoms with E-state index >= 15 is 0 Å². The second-order valence-electron chi connectivity index (χ2n) is 7.33. The monoisotopic (exact) mass is 392 g/mol. The average Bonchev–Trinajstić information content (AvgIpc) is 3.10. The van der Waals surface area contributed by atoms with Gasteiger partial charge in [0.1, 0.15) is 5.75 Å². The Bertz CT molecular complexity index is 947. The summed E-state index contributed by atoms with van der Waals surface area (Å²) >= 11 is 0. The van der Waals surface area contributed by atoms with Crippen molar-refractivity contribution in [2.75, 3.05) is 7.11 Å². The van der Waals surface area contributed by atoms with Crippen molar-refractivity contribution in [1.82, 2.24) is 20.1 Å². The first-order valence-electron chi connectivity index (χ1n) is 9.96. The fourth-order valence-corrected chi connectivity index (χ4v) is 3.32. The first kappa shape index (κ1) is 20.6. The van der Waals surface area contributed by atoms with Crippen LogP contribution in [0.5, 0.6) is 5.75 Å². The van der Waals surface area contributed by atoms with Crippen LogP contribution in [0.15, 0.2) is 48.7 Å². The van der Waals surface area contributed by atoms with Crippen molar-refractivity contribution >= 4 is 5.91 Å². The molecule has 0 unspecified atom stereocenters. The van der Waals surface area contributed by atoms with E-state index in [-0.39, 0.29) is 5.91 Å². The van der Waals surface area contributed by atoms with Gasteiger partial charge in [0.25, 0.3) is 5.91 Å². The highest BCUT2D eigenvalue weighted by Gasteiger charge is 2.24. The highest BCUT2D eigenvalue weighted by Crippen LogP contribution is 2.23. The zero-order chi connectivity index (χ0) is 20.8. The van der Waals surface area contributed by atoms with E-state index in [0.717, 1.165) is 34.9 Å². The molecule has 0 fully saturated rings. The van der Waals surface area contributed by atoms with Crippen LogP contribution in [0, 0.1) is 5.92 Å². The van der Waals surface area contributed by atoms with E-state index in [1.165, 1.54) is 0 Å². The normalized spacial score (nSPS) is 10.9. The van der Waals surface area contributed by atoms with E-state index in [4.69, 9.17) is 9.84 Å². The zero-order valence-corrected chi connectivity index (χ0v) is 17.5. The summed E-state index contributed by atoms with van der Waals surface area (Å²) in [5.41, 5.74) is 4.15. The summed E-state index contributed by atoms with van der Waals surface area (Å²) in [6, 6.07) is 13.4. The molecular formula is C23H28N4O2. The fourth-order valence-electron chi connectivity index (χ4n) is 3.32. The lowest BCUT2D eigenvalue weighted by molar-refractivity contribution is 0.0948. The number of hydrogen-bond donors (Lipinski definition) is 1. The van der Waals surface area contributed by atoms with Crippen molar-refractivity contribution in [2.45, 2.75) is 40.2 Å². The smallest absolute Gasteiger partial charge is 0.255 e. The molecular weight excluding hydrogens is 364 g/mol. The summed E-state index contributed by atoms with van der Waals surface area (Å²) in [6.07, 6.45) is 3.16. The van der Waals surface area contributed by atoms with E-state index in [2.05, 4.69) is 24.1 Å². The molecule has 29 heavy (non-hydrogen) atoms. The number of ether oxygens (including phenoxy) is 1. The maximum absolute atomic E-state index is 13.1. The Morgan fingerprint density at radius 1 is 1.17 bits per heavy atom. The molecule has 0 saturated heterocycles. The number of methoxy groups -OCH3 is 1. The second kappa shape index (κ2) is 9.37. The van der Waals surface area contributed by atoms with Crippen LogP contribution in [0.4, 0.5) is 0 Å². The Morgan fingerprint density at radius 3 is 2.52 bits per heavy atom. The first-order chi connectivity index (χ1) is 14.0. The topological polar surface area (TPSA) is 69.0 Å². The van der Waals surface area contributed by atoms with Crippen LogP contribution >= 0.6 is 0 Å². The Hall–Kier alpha value is -3.15. The number of carbonyl (C=O) groups is 1. The van der Waals surface area contributed by atoms with Crippen LogP contribution in [0.2, 0.25) is 0 Å². The van der Waals surface area contributed by atoms with Crippen molar-refractivity contribution in [3.05, 3.63) is 71.3 Å². The Labute approximate surface area is 171 Å². The van der Waals surface area contributed by atoms with Gasteiger partial charge in [-0.3, -0.25) is 9.78 Å². The minimum Gasteiger partial charge on any atom is -0.497 e. The maximum atomic E-state index is 13.1. The number of aromatic nitrogens is 3. The Kier molecular flexibility index (Phi) is 6.65. The third-order valence-corrected chi connectivity index (χ3v) is 4.69. The molecule has 1 aromatic carbocycles. The molecule has 3 rings (SSSR count). The summed E-state index contributed by atoms with van der Waals surface area (Å²) in [4.78, 5) is 17.4. The van der Waals surface area contributed by atoms with Crippen LogP contribution < -0.4 is 10.1 Å². The van der Waals surface area contributed by atoms with E-state index in [9.17, 15) is 4.79 Å². The van der Waals surface area contributed by atoms with Gasteiger partial charge in [0.2, 0.25) is 0 Å². The molecule has 2 aromatic heterocycles. The van der Waals surface area contributed by atoms with Crippen LogP contribution in [-0.2, 0) is 19.4 Å². The van der Waals surface area contributed by atoms with E-state index in [1.807, 2.05) is 54.1 Å². The van der Waals surface area contributed by atoms with E-state index < -0.39 is 0 Å². The number of carbonyl (C=O) groups excluding carboxylic acids is 1. The third kappa shape index (κ3) is 4.83. The molecule has 6 nitrogen and oxygen atoms in total. The minimum atomic E-state index is -0.108. The molecule has 0 saturated carbocycles. The number of nitrogens with one attached hydrogen (secondary N) is 1. The Balaban J connectivity index is 1.96. The minimum absolute atomic E-state index is 0.108. The molecule has 152 valence electrons. The summed E-state index contributed by atoms with van der Waals surface area (Å²) < 4.78 is 7.14. The lowest BCUT2D eigenvalue weighted by atomic mass is 10.0. The third-order valence-electron chi connectivity index (χ3n) is 4.69. The molecule has 1 amide bonds. The predicted octanol–water partition coefficient (Wildman–Crippen LogP) is 3.97. The van der Waals surface area contributed by atoms with Gasteiger partial charge in [-0.1, -0.05) is 26.8 Å². The molecule has 0 spiro atoms. The number of rotatable bonds is 8. The van der Waals surface area contributed by atoms with Crippen molar-refractivity contribution in [3.8, 4) is 11.4 Å². The highest BCUT2D eigenvalue weighted by molar-refractivity contribution is 5.96. The van der Waals surface area contributed by atoms with Crippen LogP contribution in [-0.4, -0.2) is 27.8 Å². The van der Waals surface area contributed by atoms with Gasteiger partial charge in [0.05, 0.1) is 42.0 Å². The van der Waals surface area contributed by atoms with E-state index in [0.29, 0.717) is 24.4 Å². The molecule has 0 atom stereocenters. The van der Waals surface area contributed by atoms with Crippen LogP contribution in [0.1, 0.15) is 48.2 Å². The number of hydrogen-bond acceptors (Lipinski definition) is 4. The van der Waals surface area contributed by atoms with E-state index in [1.54, 1.807) is 13.3 Å². The number of amides is 1. The van der Waals surface area contributed by atoms with Gasteiger partial charge in [-0.15, -0.1) is 0 Å². The predicted molar refractivity (Wildman–Crippen MR) is 113 cm³/mol. The number of nitrogens with zero attached hydrogens (tertiary/aromatic N) is 3. The molecule has 1 N–H and O–H groups in total. The zero-order valence-electron chi connectivity index (χ0n) is 17.5. The highest BCUT2D eigenvalue weighted by atomic mass is 16.5. The molecule has 0 aliphatic carbocycles. The van der Waals surface area contributed by atoms with Gasteiger partial charge in [0, 0.05) is 6.20 Å². The molecule has 3 aromatic rings. The van der Waals surface area contributed by atoms with Gasteiger partial charge in [-0.25, -0.2) is 4.68 Å². The van der Waals surface area contributed by atoms with Gasteiger partial charge in [0.15, 0.2) is 0 Å². The van der Waals surface area contributed by atoms with Crippen molar-refractivity contribution in [2.24, 2.45) is 5.92 Å². The van der Waals surface area contributed by atoms with Crippen molar-refractivity contribution in [3.63, 3.8) is 0 Å². The molecule has 2 heterocycles. The molecule has 0 aliphatic rings. The molecule has 0 bridgehead atoms. The van der Waals surface area contributed by atoms with Crippen LogP contribution in [0.25, 0.3) is 5.69 Å². The summed E-state index contributed by atoms with van der Waals surface area (Å²) in [6.45, 7) is 6.70. The number of benzene rings is 1. The quantitative estimate of drug-likeness (QED) is 0.630. The van der Waals surface area contributed by atoms with Gasteiger partial charge in [-0.05, 0) is 55.2 Å². The number of pyridine rings is 1. The standard InChI is InChI=1S/C23H28N4O2/c1-5-21-22(23(28)25-15-17-8-6-7-13-24-17)20(14-16(2)3)26-27(21)18-9-11-19(29-4)12-10-18/h6-13,16H,5,14-15H2,1-4H3,(H,25,28). The summed E-state index contributed by atoms with van der Waals surface area (Å²) in [7, 11) is 1.64. The Morgan fingerprint density at radius 2 is 1.93 bits per heavy atom. The molecule has 0 radical (unpaired) electrons.